The Morgan fingerprint density at radius 2 is 2.19 bits per heavy atom. The minimum absolute atomic E-state index is 0.699. The molecule has 1 saturated heterocycles. The zero-order valence-electron chi connectivity index (χ0n) is 10.3. The van der Waals surface area contributed by atoms with Gasteiger partial charge in [0.25, 0.3) is 0 Å². The first-order chi connectivity index (χ1) is 7.65. The lowest BCUT2D eigenvalue weighted by molar-refractivity contribution is 0.122. The molecule has 0 spiro atoms. The van der Waals surface area contributed by atoms with Gasteiger partial charge in [-0.05, 0) is 49.9 Å². The SMILES string of the molecule is CC1CCN(Cc2cccc(N)c2)C(C)C1. The van der Waals surface area contributed by atoms with Crippen molar-refractivity contribution in [3.8, 4) is 0 Å². The van der Waals surface area contributed by atoms with Gasteiger partial charge < -0.3 is 5.73 Å². The summed E-state index contributed by atoms with van der Waals surface area (Å²) in [6.07, 6.45) is 2.65. The monoisotopic (exact) mass is 218 g/mol. The van der Waals surface area contributed by atoms with E-state index in [4.69, 9.17) is 5.73 Å². The Morgan fingerprint density at radius 1 is 1.38 bits per heavy atom. The van der Waals surface area contributed by atoms with Gasteiger partial charge in [0.15, 0.2) is 0 Å². The van der Waals surface area contributed by atoms with Gasteiger partial charge in [0.1, 0.15) is 0 Å². The maximum Gasteiger partial charge on any atom is 0.0317 e. The van der Waals surface area contributed by atoms with E-state index in [-0.39, 0.29) is 0 Å². The molecule has 1 heterocycles. The van der Waals surface area contributed by atoms with Crippen LogP contribution in [0, 0.1) is 5.92 Å². The molecule has 0 aliphatic carbocycles. The third kappa shape index (κ3) is 2.76. The second kappa shape index (κ2) is 4.88. The van der Waals surface area contributed by atoms with E-state index in [9.17, 15) is 0 Å². The molecule has 2 rings (SSSR count). The van der Waals surface area contributed by atoms with Crippen LogP contribution >= 0.6 is 0 Å². The lowest BCUT2D eigenvalue weighted by Crippen LogP contribution is -2.39. The van der Waals surface area contributed by atoms with Crippen molar-refractivity contribution in [1.29, 1.82) is 0 Å². The number of rotatable bonds is 2. The molecular weight excluding hydrogens is 196 g/mol. The number of hydrogen-bond acceptors (Lipinski definition) is 2. The van der Waals surface area contributed by atoms with Crippen molar-refractivity contribution in [3.63, 3.8) is 0 Å². The minimum atomic E-state index is 0.699. The lowest BCUT2D eigenvalue weighted by atomic mass is 9.93. The fourth-order valence-electron chi connectivity index (χ4n) is 2.62. The molecule has 2 atom stereocenters. The van der Waals surface area contributed by atoms with Gasteiger partial charge in [-0.2, -0.15) is 0 Å². The summed E-state index contributed by atoms with van der Waals surface area (Å²) in [5, 5.41) is 0. The Bertz CT molecular complexity index is 348. The van der Waals surface area contributed by atoms with Crippen molar-refractivity contribution in [2.45, 2.75) is 39.3 Å². The first-order valence-electron chi connectivity index (χ1n) is 6.23. The van der Waals surface area contributed by atoms with Crippen molar-refractivity contribution >= 4 is 5.69 Å². The average Bonchev–Trinajstić information content (AvgIpc) is 2.22. The number of nitrogens with two attached hydrogens (primary N) is 1. The number of benzene rings is 1. The highest BCUT2D eigenvalue weighted by Gasteiger charge is 2.22. The topological polar surface area (TPSA) is 29.3 Å². The highest BCUT2D eigenvalue weighted by atomic mass is 15.2. The van der Waals surface area contributed by atoms with Crippen LogP contribution in [0.15, 0.2) is 24.3 Å². The Morgan fingerprint density at radius 3 is 2.88 bits per heavy atom. The molecular formula is C14H22N2. The van der Waals surface area contributed by atoms with Gasteiger partial charge in [-0.1, -0.05) is 19.1 Å². The Hall–Kier alpha value is -1.02. The van der Waals surface area contributed by atoms with E-state index in [0.717, 1.165) is 18.2 Å². The molecule has 0 amide bonds. The van der Waals surface area contributed by atoms with E-state index in [2.05, 4.69) is 30.9 Å². The van der Waals surface area contributed by atoms with E-state index in [0.29, 0.717) is 6.04 Å². The van der Waals surface area contributed by atoms with Crippen molar-refractivity contribution in [1.82, 2.24) is 4.90 Å². The average molecular weight is 218 g/mol. The van der Waals surface area contributed by atoms with Gasteiger partial charge in [-0.25, -0.2) is 0 Å². The number of piperidine rings is 1. The second-order valence-corrected chi connectivity index (χ2v) is 5.19. The van der Waals surface area contributed by atoms with Crippen molar-refractivity contribution < 1.29 is 0 Å². The molecule has 2 unspecified atom stereocenters. The highest BCUT2D eigenvalue weighted by Crippen LogP contribution is 2.24. The largest absolute Gasteiger partial charge is 0.399 e. The first-order valence-corrected chi connectivity index (χ1v) is 6.23. The Kier molecular flexibility index (Phi) is 3.49. The highest BCUT2D eigenvalue weighted by molar-refractivity contribution is 5.40. The third-order valence-corrected chi connectivity index (χ3v) is 3.61. The zero-order valence-corrected chi connectivity index (χ0v) is 10.3. The van der Waals surface area contributed by atoms with Crippen LogP contribution in [-0.4, -0.2) is 17.5 Å². The number of nitrogens with zero attached hydrogens (tertiary/aromatic N) is 1. The first kappa shape index (κ1) is 11.5. The number of likely N-dealkylation sites (tertiary alicyclic amines) is 1. The molecule has 0 aromatic heterocycles. The molecule has 1 aliphatic heterocycles. The molecule has 16 heavy (non-hydrogen) atoms. The molecule has 2 N–H and O–H groups in total. The van der Waals surface area contributed by atoms with Gasteiger partial charge in [-0.3, -0.25) is 4.90 Å². The lowest BCUT2D eigenvalue weighted by Gasteiger charge is -2.36. The molecule has 0 saturated carbocycles. The summed E-state index contributed by atoms with van der Waals surface area (Å²) in [4.78, 5) is 2.56. The molecule has 88 valence electrons. The molecule has 0 radical (unpaired) electrons. The quantitative estimate of drug-likeness (QED) is 0.773. The summed E-state index contributed by atoms with van der Waals surface area (Å²) in [6.45, 7) is 6.95. The summed E-state index contributed by atoms with van der Waals surface area (Å²) in [6, 6.07) is 8.95. The normalized spacial score (nSPS) is 26.9. The number of anilines is 1. The van der Waals surface area contributed by atoms with Crippen molar-refractivity contribution in [2.24, 2.45) is 5.92 Å². The van der Waals surface area contributed by atoms with Crippen LogP contribution in [0.5, 0.6) is 0 Å². The van der Waals surface area contributed by atoms with E-state index in [1.54, 1.807) is 0 Å². The van der Waals surface area contributed by atoms with Crippen LogP contribution in [0.3, 0.4) is 0 Å². The van der Waals surface area contributed by atoms with Gasteiger partial charge in [-0.15, -0.1) is 0 Å². The van der Waals surface area contributed by atoms with Gasteiger partial charge in [0.05, 0.1) is 0 Å². The van der Waals surface area contributed by atoms with Crippen LogP contribution in [0.2, 0.25) is 0 Å². The maximum atomic E-state index is 5.80. The van der Waals surface area contributed by atoms with E-state index in [1.165, 1.54) is 24.9 Å². The van der Waals surface area contributed by atoms with Gasteiger partial charge in [0.2, 0.25) is 0 Å². The third-order valence-electron chi connectivity index (χ3n) is 3.61. The van der Waals surface area contributed by atoms with Gasteiger partial charge in [0, 0.05) is 18.3 Å². The van der Waals surface area contributed by atoms with E-state index < -0.39 is 0 Å². The van der Waals surface area contributed by atoms with Crippen LogP contribution in [0.1, 0.15) is 32.3 Å². The van der Waals surface area contributed by atoms with Gasteiger partial charge >= 0.3 is 0 Å². The van der Waals surface area contributed by atoms with Crippen LogP contribution < -0.4 is 5.73 Å². The Labute approximate surface area is 98.4 Å². The number of hydrogen-bond donors (Lipinski definition) is 1. The summed E-state index contributed by atoms with van der Waals surface area (Å²) in [5.41, 5.74) is 8.01. The predicted octanol–water partition coefficient (Wildman–Crippen LogP) is 2.89. The molecule has 2 nitrogen and oxygen atoms in total. The smallest absolute Gasteiger partial charge is 0.0317 e. The maximum absolute atomic E-state index is 5.80. The molecule has 1 fully saturated rings. The Balaban J connectivity index is 1.99. The molecule has 2 heteroatoms. The fraction of sp³-hybridized carbons (Fsp3) is 0.571. The minimum Gasteiger partial charge on any atom is -0.399 e. The molecule has 1 aromatic carbocycles. The van der Waals surface area contributed by atoms with Crippen LogP contribution in [0.4, 0.5) is 5.69 Å². The fourth-order valence-corrected chi connectivity index (χ4v) is 2.62. The molecule has 0 bridgehead atoms. The summed E-state index contributed by atoms with van der Waals surface area (Å²) in [5.74, 6) is 0.882. The van der Waals surface area contributed by atoms with Crippen molar-refractivity contribution in [2.75, 3.05) is 12.3 Å². The van der Waals surface area contributed by atoms with E-state index >= 15 is 0 Å². The summed E-state index contributed by atoms with van der Waals surface area (Å²) in [7, 11) is 0. The second-order valence-electron chi connectivity index (χ2n) is 5.19. The van der Waals surface area contributed by atoms with E-state index in [1.807, 2.05) is 12.1 Å². The molecule has 1 aromatic rings. The van der Waals surface area contributed by atoms with Crippen LogP contribution in [0.25, 0.3) is 0 Å². The summed E-state index contributed by atoms with van der Waals surface area (Å²) < 4.78 is 0. The molecule has 1 aliphatic rings. The predicted molar refractivity (Wildman–Crippen MR) is 69.1 cm³/mol. The van der Waals surface area contributed by atoms with Crippen molar-refractivity contribution in [3.05, 3.63) is 29.8 Å². The van der Waals surface area contributed by atoms with Crippen LogP contribution in [-0.2, 0) is 6.54 Å². The summed E-state index contributed by atoms with van der Waals surface area (Å²) >= 11 is 0. The zero-order chi connectivity index (χ0) is 11.5. The number of nitrogen functional groups attached to an aromatic ring is 1. The standard InChI is InChI=1S/C14H22N2/c1-11-6-7-16(12(2)8-11)10-13-4-3-5-14(15)9-13/h3-5,9,11-12H,6-8,10,15H2,1-2H3.